The van der Waals surface area contributed by atoms with Gasteiger partial charge in [0.05, 0.1) is 0 Å². The van der Waals surface area contributed by atoms with Crippen LogP contribution in [0.4, 0.5) is 0 Å². The molecule has 1 saturated carbocycles. The van der Waals surface area contributed by atoms with Gasteiger partial charge in [0.15, 0.2) is 5.60 Å². The number of nitrogens with one attached hydrogen (secondary N) is 1. The molecular weight excluding hydrogens is 384 g/mol. The second-order valence-electron chi connectivity index (χ2n) is 8.98. The zero-order valence-corrected chi connectivity index (χ0v) is 17.6. The summed E-state index contributed by atoms with van der Waals surface area (Å²) in [4.78, 5) is 15.9. The molecule has 2 fully saturated rings. The monoisotopic (exact) mass is 412 g/mol. The number of benzene rings is 3. The van der Waals surface area contributed by atoms with Crippen molar-refractivity contribution in [2.75, 3.05) is 13.1 Å². The molecule has 2 atom stereocenters. The summed E-state index contributed by atoms with van der Waals surface area (Å²) in [6, 6.07) is 29.1. The number of carbonyl (C=O) groups excluding carboxylic acids is 1. The topological polar surface area (TPSA) is 52.6 Å². The van der Waals surface area contributed by atoms with Gasteiger partial charge in [-0.15, -0.1) is 0 Å². The second-order valence-corrected chi connectivity index (χ2v) is 8.98. The molecule has 3 aromatic rings. The molecule has 0 aromatic heterocycles. The maximum atomic E-state index is 13.5. The highest BCUT2D eigenvalue weighted by Crippen LogP contribution is 2.53. The normalized spacial score (nSPS) is 23.1. The lowest BCUT2D eigenvalue weighted by Crippen LogP contribution is -2.47. The minimum atomic E-state index is -1.70. The SMILES string of the molecule is O=C(NC1CC12CCN(Cc1ccccc1)C2)C(O)(c1ccccc1)c1ccccc1. The Morgan fingerprint density at radius 2 is 1.48 bits per heavy atom. The lowest BCUT2D eigenvalue weighted by molar-refractivity contribution is -0.137. The van der Waals surface area contributed by atoms with Crippen molar-refractivity contribution >= 4 is 5.91 Å². The van der Waals surface area contributed by atoms with E-state index < -0.39 is 5.60 Å². The summed E-state index contributed by atoms with van der Waals surface area (Å²) in [7, 11) is 0. The summed E-state index contributed by atoms with van der Waals surface area (Å²) >= 11 is 0. The van der Waals surface area contributed by atoms with E-state index in [4.69, 9.17) is 0 Å². The van der Waals surface area contributed by atoms with Gasteiger partial charge in [0.1, 0.15) is 0 Å². The molecule has 1 heterocycles. The van der Waals surface area contributed by atoms with Crippen LogP contribution in [0, 0.1) is 5.41 Å². The van der Waals surface area contributed by atoms with Crippen molar-refractivity contribution in [2.24, 2.45) is 5.41 Å². The first kappa shape index (κ1) is 20.0. The molecule has 1 aliphatic carbocycles. The van der Waals surface area contributed by atoms with Crippen LogP contribution >= 0.6 is 0 Å². The van der Waals surface area contributed by atoms with Gasteiger partial charge in [-0.2, -0.15) is 0 Å². The molecule has 1 aliphatic heterocycles. The molecule has 5 rings (SSSR count). The number of aliphatic hydroxyl groups is 1. The molecule has 0 bridgehead atoms. The van der Waals surface area contributed by atoms with E-state index in [1.807, 2.05) is 66.7 Å². The van der Waals surface area contributed by atoms with Crippen LogP contribution in [0.3, 0.4) is 0 Å². The molecule has 4 heteroatoms. The Morgan fingerprint density at radius 3 is 2.06 bits per heavy atom. The van der Waals surface area contributed by atoms with Gasteiger partial charge in [-0.1, -0.05) is 91.0 Å². The molecule has 1 spiro atoms. The fourth-order valence-corrected chi connectivity index (χ4v) is 5.01. The van der Waals surface area contributed by atoms with Gasteiger partial charge in [-0.3, -0.25) is 9.69 Å². The van der Waals surface area contributed by atoms with E-state index in [1.165, 1.54) is 5.56 Å². The summed E-state index contributed by atoms with van der Waals surface area (Å²) in [6.45, 7) is 2.98. The summed E-state index contributed by atoms with van der Waals surface area (Å²) in [5, 5.41) is 14.8. The van der Waals surface area contributed by atoms with E-state index in [0.29, 0.717) is 11.1 Å². The zero-order chi connectivity index (χ0) is 21.3. The maximum Gasteiger partial charge on any atom is 0.261 e. The number of rotatable bonds is 6. The number of carbonyl (C=O) groups is 1. The van der Waals surface area contributed by atoms with Crippen molar-refractivity contribution < 1.29 is 9.90 Å². The molecule has 2 unspecified atom stereocenters. The van der Waals surface area contributed by atoms with Gasteiger partial charge in [0, 0.05) is 24.5 Å². The molecule has 1 saturated heterocycles. The number of nitrogens with zero attached hydrogens (tertiary/aromatic N) is 1. The first-order chi connectivity index (χ1) is 15.1. The first-order valence-electron chi connectivity index (χ1n) is 11.0. The zero-order valence-electron chi connectivity index (χ0n) is 17.6. The standard InChI is InChI=1S/C27H28N2O2/c30-25(27(31,22-12-6-2-7-13-22)23-14-8-3-9-15-23)28-24-18-26(24)16-17-29(20-26)19-21-10-4-1-5-11-21/h1-15,24,31H,16-20H2,(H,28,30). The highest BCUT2D eigenvalue weighted by atomic mass is 16.3. The number of amides is 1. The molecule has 2 N–H and O–H groups in total. The van der Waals surface area contributed by atoms with E-state index in [0.717, 1.165) is 32.5 Å². The Morgan fingerprint density at radius 1 is 0.935 bits per heavy atom. The van der Waals surface area contributed by atoms with Gasteiger partial charge < -0.3 is 10.4 Å². The summed E-state index contributed by atoms with van der Waals surface area (Å²) in [6.07, 6.45) is 2.06. The van der Waals surface area contributed by atoms with Crippen LogP contribution in [0.15, 0.2) is 91.0 Å². The van der Waals surface area contributed by atoms with Crippen molar-refractivity contribution in [2.45, 2.75) is 31.0 Å². The summed E-state index contributed by atoms with van der Waals surface area (Å²) < 4.78 is 0. The van der Waals surface area contributed by atoms with E-state index >= 15 is 0 Å². The van der Waals surface area contributed by atoms with Gasteiger partial charge in [-0.05, 0) is 36.1 Å². The fourth-order valence-electron chi connectivity index (χ4n) is 5.01. The van der Waals surface area contributed by atoms with E-state index in [-0.39, 0.29) is 17.4 Å². The third kappa shape index (κ3) is 3.78. The number of hydrogen-bond donors (Lipinski definition) is 2. The Bertz CT molecular complexity index is 999. The second kappa shape index (κ2) is 7.95. The third-order valence-electron chi connectivity index (χ3n) is 6.92. The van der Waals surface area contributed by atoms with E-state index in [2.05, 4.69) is 34.5 Å². The van der Waals surface area contributed by atoms with E-state index in [1.54, 1.807) is 0 Å². The number of hydrogen-bond acceptors (Lipinski definition) is 3. The largest absolute Gasteiger partial charge is 0.372 e. The van der Waals surface area contributed by atoms with Crippen molar-refractivity contribution in [1.29, 1.82) is 0 Å². The predicted octanol–water partition coefficient (Wildman–Crippen LogP) is 3.70. The predicted molar refractivity (Wildman–Crippen MR) is 121 cm³/mol. The van der Waals surface area contributed by atoms with Crippen LogP contribution in [0.25, 0.3) is 0 Å². The van der Waals surface area contributed by atoms with Crippen molar-refractivity contribution in [3.8, 4) is 0 Å². The summed E-state index contributed by atoms with van der Waals surface area (Å²) in [5.41, 5.74) is 0.937. The average molecular weight is 413 g/mol. The fraction of sp³-hybridized carbons (Fsp3) is 0.296. The molecule has 3 aromatic carbocycles. The van der Waals surface area contributed by atoms with Gasteiger partial charge >= 0.3 is 0 Å². The molecule has 4 nitrogen and oxygen atoms in total. The van der Waals surface area contributed by atoms with Crippen LogP contribution in [-0.4, -0.2) is 35.0 Å². The van der Waals surface area contributed by atoms with Gasteiger partial charge in [0.25, 0.3) is 5.91 Å². The highest BCUT2D eigenvalue weighted by Gasteiger charge is 2.59. The minimum Gasteiger partial charge on any atom is -0.372 e. The van der Waals surface area contributed by atoms with Crippen molar-refractivity contribution in [3.05, 3.63) is 108 Å². The highest BCUT2D eigenvalue weighted by molar-refractivity contribution is 5.90. The Hall–Kier alpha value is -2.95. The van der Waals surface area contributed by atoms with Crippen LogP contribution in [0.2, 0.25) is 0 Å². The quantitative estimate of drug-likeness (QED) is 0.649. The van der Waals surface area contributed by atoms with Crippen LogP contribution in [0.5, 0.6) is 0 Å². The van der Waals surface area contributed by atoms with Crippen LogP contribution < -0.4 is 5.32 Å². The maximum absolute atomic E-state index is 13.5. The minimum absolute atomic E-state index is 0.111. The Balaban J connectivity index is 1.30. The van der Waals surface area contributed by atoms with Crippen molar-refractivity contribution in [3.63, 3.8) is 0 Å². The summed E-state index contributed by atoms with van der Waals surface area (Å²) in [5.74, 6) is -0.340. The molecule has 158 valence electrons. The van der Waals surface area contributed by atoms with E-state index in [9.17, 15) is 9.90 Å². The number of likely N-dealkylation sites (tertiary alicyclic amines) is 1. The molecular formula is C27H28N2O2. The molecule has 2 aliphatic rings. The Kier molecular flexibility index (Phi) is 5.12. The van der Waals surface area contributed by atoms with Gasteiger partial charge in [0.2, 0.25) is 0 Å². The van der Waals surface area contributed by atoms with Crippen LogP contribution in [-0.2, 0) is 16.9 Å². The first-order valence-corrected chi connectivity index (χ1v) is 11.0. The van der Waals surface area contributed by atoms with Gasteiger partial charge in [-0.25, -0.2) is 0 Å². The molecule has 31 heavy (non-hydrogen) atoms. The third-order valence-corrected chi connectivity index (χ3v) is 6.92. The molecule has 0 radical (unpaired) electrons. The lowest BCUT2D eigenvalue weighted by atomic mass is 9.85. The van der Waals surface area contributed by atoms with Crippen LogP contribution in [0.1, 0.15) is 29.5 Å². The smallest absolute Gasteiger partial charge is 0.261 e. The average Bonchev–Trinajstić information content (AvgIpc) is 3.32. The lowest BCUT2D eigenvalue weighted by Gasteiger charge is -2.28. The molecule has 1 amide bonds. The van der Waals surface area contributed by atoms with Crippen molar-refractivity contribution in [1.82, 2.24) is 10.2 Å². The Labute approximate surface area is 183 Å².